The molecule has 0 saturated heterocycles. The summed E-state index contributed by atoms with van der Waals surface area (Å²) in [6.45, 7) is 11.9. The van der Waals surface area contributed by atoms with E-state index >= 15 is 0 Å². The third-order valence-corrected chi connectivity index (χ3v) is 6.56. The number of ether oxygens (including phenoxy) is 7. The molecule has 0 aromatic heterocycles. The van der Waals surface area contributed by atoms with Gasteiger partial charge in [-0.05, 0) is 20.5 Å². The second-order valence-electron chi connectivity index (χ2n) is 10.7. The molecule has 0 fully saturated rings. The largest absolute Gasteiger partial charge is 0.379 e. The molecule has 0 unspecified atom stereocenters. The van der Waals surface area contributed by atoms with E-state index in [4.69, 9.17) is 33.2 Å². The lowest BCUT2D eigenvalue weighted by Crippen LogP contribution is -2.19. The molecule has 0 spiro atoms. The van der Waals surface area contributed by atoms with Gasteiger partial charge in [-0.15, -0.1) is 0 Å². The average molecular weight is 578 g/mol. The van der Waals surface area contributed by atoms with Gasteiger partial charge in [0.15, 0.2) is 0 Å². The van der Waals surface area contributed by atoms with E-state index in [2.05, 4.69) is 11.8 Å². The highest BCUT2D eigenvalue weighted by molar-refractivity contribution is 4.49. The maximum Gasteiger partial charge on any atom is 0.0701 e. The van der Waals surface area contributed by atoms with Crippen molar-refractivity contribution in [2.75, 3.05) is 113 Å². The van der Waals surface area contributed by atoms with Gasteiger partial charge in [0, 0.05) is 13.2 Å². The van der Waals surface area contributed by atoms with E-state index in [1.807, 2.05) is 14.1 Å². The van der Waals surface area contributed by atoms with Gasteiger partial charge in [0.05, 0.1) is 85.9 Å². The van der Waals surface area contributed by atoms with E-state index in [0.29, 0.717) is 79.3 Å². The predicted molar refractivity (Wildman–Crippen MR) is 165 cm³/mol. The van der Waals surface area contributed by atoms with Gasteiger partial charge in [-0.2, -0.15) is 0 Å². The zero-order chi connectivity index (χ0) is 29.0. The normalized spacial score (nSPS) is 11.7. The molecule has 0 bridgehead atoms. The van der Waals surface area contributed by atoms with Crippen LogP contribution in [0.25, 0.3) is 0 Å². The fraction of sp³-hybridized carbons (Fsp3) is 1.00. The zero-order valence-corrected chi connectivity index (χ0v) is 26.8. The first-order chi connectivity index (χ1) is 19.8. The second kappa shape index (κ2) is 36.7. The second-order valence-corrected chi connectivity index (χ2v) is 10.7. The highest BCUT2D eigenvalue weighted by atomic mass is 16.6. The molecule has 40 heavy (non-hydrogen) atoms. The molecule has 0 N–H and O–H groups in total. The minimum absolute atomic E-state index is 0.560. The van der Waals surface area contributed by atoms with E-state index in [-0.39, 0.29) is 0 Å². The molecule has 0 heterocycles. The Bertz CT molecular complexity index is 443. The fourth-order valence-electron chi connectivity index (χ4n) is 4.07. The lowest BCUT2D eigenvalue weighted by atomic mass is 10.0. The summed E-state index contributed by atoms with van der Waals surface area (Å²) in [4.78, 5) is 2.09. The number of unbranched alkanes of at least 4 members (excludes halogenated alkanes) is 13. The molecule has 0 rings (SSSR count). The van der Waals surface area contributed by atoms with Crippen molar-refractivity contribution in [3.05, 3.63) is 0 Å². The van der Waals surface area contributed by atoms with Gasteiger partial charge in [0.25, 0.3) is 0 Å². The highest BCUT2D eigenvalue weighted by Gasteiger charge is 1.97. The van der Waals surface area contributed by atoms with Crippen molar-refractivity contribution < 1.29 is 33.2 Å². The quantitative estimate of drug-likeness (QED) is 0.0822. The number of rotatable bonds is 36. The molecule has 0 aromatic rings. The van der Waals surface area contributed by atoms with Crippen molar-refractivity contribution in [1.29, 1.82) is 0 Å². The van der Waals surface area contributed by atoms with Crippen LogP contribution in [0, 0.1) is 0 Å². The monoisotopic (exact) mass is 577 g/mol. The minimum Gasteiger partial charge on any atom is -0.379 e. The molecule has 0 aromatic carbocycles. The van der Waals surface area contributed by atoms with Crippen molar-refractivity contribution in [3.8, 4) is 0 Å². The summed E-state index contributed by atoms with van der Waals surface area (Å²) in [5.41, 5.74) is 0. The van der Waals surface area contributed by atoms with Crippen LogP contribution in [0.3, 0.4) is 0 Å². The summed E-state index contributed by atoms with van der Waals surface area (Å²) < 4.78 is 38.6. The molecule has 0 aliphatic carbocycles. The molecule has 0 radical (unpaired) electrons. The summed E-state index contributed by atoms with van der Waals surface area (Å²) in [7, 11) is 4.06. The molecular weight excluding hydrogens is 510 g/mol. The molecular formula is C32H67NO7. The van der Waals surface area contributed by atoms with Gasteiger partial charge in [0.1, 0.15) is 0 Å². The van der Waals surface area contributed by atoms with Gasteiger partial charge < -0.3 is 38.1 Å². The van der Waals surface area contributed by atoms with Crippen LogP contribution in [-0.2, 0) is 33.2 Å². The van der Waals surface area contributed by atoms with Crippen molar-refractivity contribution in [2.45, 2.75) is 96.8 Å². The summed E-state index contributed by atoms with van der Waals surface area (Å²) in [5.74, 6) is 0. The van der Waals surface area contributed by atoms with E-state index < -0.39 is 0 Å². The SMILES string of the molecule is CCCCCCCCCCCCCCCCOCCOCCOCCOCCOCCOCCOCCN(C)C. The Kier molecular flexibility index (Phi) is 36.4. The van der Waals surface area contributed by atoms with E-state index in [1.165, 1.54) is 83.5 Å². The summed E-state index contributed by atoms with van der Waals surface area (Å²) in [5, 5.41) is 0. The zero-order valence-electron chi connectivity index (χ0n) is 26.8. The van der Waals surface area contributed by atoms with E-state index in [0.717, 1.165) is 26.2 Å². The first-order valence-electron chi connectivity index (χ1n) is 16.5. The van der Waals surface area contributed by atoms with Gasteiger partial charge in [-0.25, -0.2) is 0 Å². The van der Waals surface area contributed by atoms with Gasteiger partial charge >= 0.3 is 0 Å². The lowest BCUT2D eigenvalue weighted by Gasteiger charge is -2.10. The van der Waals surface area contributed by atoms with Gasteiger partial charge in [0.2, 0.25) is 0 Å². The van der Waals surface area contributed by atoms with Crippen LogP contribution >= 0.6 is 0 Å². The average Bonchev–Trinajstić information content (AvgIpc) is 2.95. The fourth-order valence-corrected chi connectivity index (χ4v) is 4.07. The molecule has 0 aliphatic heterocycles. The Morgan fingerprint density at radius 1 is 0.300 bits per heavy atom. The van der Waals surface area contributed by atoms with Crippen LogP contribution in [-0.4, -0.2) is 118 Å². The molecule has 0 aliphatic rings. The van der Waals surface area contributed by atoms with Gasteiger partial charge in [-0.3, -0.25) is 0 Å². The maximum atomic E-state index is 5.67. The molecule has 242 valence electrons. The topological polar surface area (TPSA) is 67.9 Å². The number of likely N-dealkylation sites (N-methyl/N-ethyl adjacent to an activating group) is 1. The van der Waals surface area contributed by atoms with Crippen molar-refractivity contribution >= 4 is 0 Å². The smallest absolute Gasteiger partial charge is 0.0701 e. The van der Waals surface area contributed by atoms with Crippen LogP contribution in [0.15, 0.2) is 0 Å². The Morgan fingerprint density at radius 2 is 0.550 bits per heavy atom. The molecule has 8 nitrogen and oxygen atoms in total. The Hall–Kier alpha value is -0.320. The molecule has 8 heteroatoms. The lowest BCUT2D eigenvalue weighted by molar-refractivity contribution is -0.0208. The Balaban J connectivity index is 3.02. The molecule has 0 amide bonds. The van der Waals surface area contributed by atoms with Crippen molar-refractivity contribution in [2.24, 2.45) is 0 Å². The Morgan fingerprint density at radius 3 is 0.850 bits per heavy atom. The van der Waals surface area contributed by atoms with Gasteiger partial charge in [-0.1, -0.05) is 90.4 Å². The number of hydrogen-bond acceptors (Lipinski definition) is 8. The van der Waals surface area contributed by atoms with Crippen molar-refractivity contribution in [1.82, 2.24) is 4.90 Å². The standard InChI is InChI=1S/C32H67NO7/c1-4-5-6-7-8-9-10-11-12-13-14-15-16-17-19-34-21-23-36-25-27-38-29-31-40-32-30-39-28-26-37-24-22-35-20-18-33(2)3/h4-32H2,1-3H3. The van der Waals surface area contributed by atoms with Crippen LogP contribution in [0.2, 0.25) is 0 Å². The van der Waals surface area contributed by atoms with Crippen LogP contribution in [0.4, 0.5) is 0 Å². The van der Waals surface area contributed by atoms with E-state index in [1.54, 1.807) is 0 Å². The van der Waals surface area contributed by atoms with Crippen LogP contribution < -0.4 is 0 Å². The van der Waals surface area contributed by atoms with Crippen LogP contribution in [0.1, 0.15) is 96.8 Å². The van der Waals surface area contributed by atoms with E-state index in [9.17, 15) is 0 Å². The first kappa shape index (κ1) is 39.7. The van der Waals surface area contributed by atoms with Crippen molar-refractivity contribution in [3.63, 3.8) is 0 Å². The third kappa shape index (κ3) is 37.7. The predicted octanol–water partition coefficient (Wildman–Crippen LogP) is 6.15. The first-order valence-corrected chi connectivity index (χ1v) is 16.5. The Labute approximate surface area is 248 Å². The minimum atomic E-state index is 0.560. The molecule has 0 saturated carbocycles. The molecule has 0 atom stereocenters. The summed E-state index contributed by atoms with van der Waals surface area (Å²) in [6, 6.07) is 0. The summed E-state index contributed by atoms with van der Waals surface area (Å²) >= 11 is 0. The summed E-state index contributed by atoms with van der Waals surface area (Å²) in [6.07, 6.45) is 19.4. The third-order valence-electron chi connectivity index (χ3n) is 6.56. The number of hydrogen-bond donors (Lipinski definition) is 0. The van der Waals surface area contributed by atoms with Crippen LogP contribution in [0.5, 0.6) is 0 Å². The highest BCUT2D eigenvalue weighted by Crippen LogP contribution is 2.12. The maximum absolute atomic E-state index is 5.67. The number of nitrogens with zero attached hydrogens (tertiary/aromatic N) is 1.